The summed E-state index contributed by atoms with van der Waals surface area (Å²) in [5.41, 5.74) is 1.46. The third-order valence-electron chi connectivity index (χ3n) is 2.56. The number of nitrogens with one attached hydrogen (secondary N) is 1. The van der Waals surface area contributed by atoms with Gasteiger partial charge in [-0.15, -0.1) is 0 Å². The fourth-order valence-corrected chi connectivity index (χ4v) is 1.82. The Labute approximate surface area is 110 Å². The lowest BCUT2D eigenvalue weighted by Gasteiger charge is -2.08. The fraction of sp³-hybridized carbons (Fsp3) is 0.231. The van der Waals surface area contributed by atoms with Crippen LogP contribution in [0.25, 0.3) is 0 Å². The summed E-state index contributed by atoms with van der Waals surface area (Å²) in [5.74, 6) is 0.684. The highest BCUT2D eigenvalue weighted by Gasteiger charge is 2.09. The van der Waals surface area contributed by atoms with E-state index in [1.54, 1.807) is 24.6 Å². The number of carbonyl (C=O) groups is 1. The largest absolute Gasteiger partial charge is 0.469 e. The highest BCUT2D eigenvalue weighted by Crippen LogP contribution is 2.22. The Bertz CT molecular complexity index is 518. The van der Waals surface area contributed by atoms with Gasteiger partial charge in [-0.05, 0) is 30.7 Å². The van der Waals surface area contributed by atoms with Crippen molar-refractivity contribution in [2.75, 3.05) is 5.32 Å². The number of carbonyl (C=O) groups excluding carboxylic acids is 1. The molecule has 94 valence electrons. The van der Waals surface area contributed by atoms with Crippen LogP contribution in [0.4, 0.5) is 5.69 Å². The molecule has 18 heavy (non-hydrogen) atoms. The molecule has 0 saturated heterocycles. The molecule has 0 saturated carbocycles. The van der Waals surface area contributed by atoms with Gasteiger partial charge in [-0.2, -0.15) is 0 Å². The van der Waals surface area contributed by atoms with Crippen molar-refractivity contribution in [1.82, 2.24) is 4.98 Å². The van der Waals surface area contributed by atoms with Crippen LogP contribution in [0.5, 0.6) is 0 Å². The number of amides is 1. The molecule has 0 fully saturated rings. The van der Waals surface area contributed by atoms with E-state index in [9.17, 15) is 4.79 Å². The molecule has 2 rings (SSSR count). The van der Waals surface area contributed by atoms with Crippen molar-refractivity contribution in [2.45, 2.75) is 19.8 Å². The minimum Gasteiger partial charge on any atom is -0.469 e. The van der Waals surface area contributed by atoms with E-state index < -0.39 is 0 Å². The molecule has 5 heteroatoms. The summed E-state index contributed by atoms with van der Waals surface area (Å²) in [6, 6.07) is 5.44. The molecule has 2 aromatic rings. The van der Waals surface area contributed by atoms with E-state index in [4.69, 9.17) is 16.0 Å². The monoisotopic (exact) mass is 264 g/mol. The van der Waals surface area contributed by atoms with Crippen molar-refractivity contribution in [3.8, 4) is 0 Å². The van der Waals surface area contributed by atoms with E-state index in [-0.39, 0.29) is 5.91 Å². The molecule has 1 N–H and O–H groups in total. The van der Waals surface area contributed by atoms with Crippen LogP contribution in [-0.4, -0.2) is 10.9 Å². The summed E-state index contributed by atoms with van der Waals surface area (Å²) in [6.45, 7) is 1.87. The summed E-state index contributed by atoms with van der Waals surface area (Å²) in [7, 11) is 0. The molecule has 4 nitrogen and oxygen atoms in total. The van der Waals surface area contributed by atoms with Crippen LogP contribution in [0.1, 0.15) is 17.7 Å². The summed E-state index contributed by atoms with van der Waals surface area (Å²) in [6.07, 6.45) is 4.11. The van der Waals surface area contributed by atoms with Gasteiger partial charge in [0.1, 0.15) is 5.76 Å². The van der Waals surface area contributed by atoms with Crippen molar-refractivity contribution >= 4 is 23.2 Å². The molecular weight excluding hydrogens is 252 g/mol. The van der Waals surface area contributed by atoms with E-state index in [2.05, 4.69) is 10.3 Å². The van der Waals surface area contributed by atoms with Crippen molar-refractivity contribution < 1.29 is 9.21 Å². The van der Waals surface area contributed by atoms with E-state index in [0.717, 1.165) is 11.3 Å². The Hall–Kier alpha value is -1.81. The van der Waals surface area contributed by atoms with Crippen LogP contribution in [0, 0.1) is 6.92 Å². The van der Waals surface area contributed by atoms with Crippen LogP contribution >= 0.6 is 11.6 Å². The van der Waals surface area contributed by atoms with Gasteiger partial charge in [-0.1, -0.05) is 11.6 Å². The number of aryl methyl sites for hydroxylation is 2. The van der Waals surface area contributed by atoms with E-state index in [1.807, 2.05) is 13.0 Å². The Morgan fingerprint density at radius 3 is 3.00 bits per heavy atom. The second kappa shape index (κ2) is 5.69. The van der Waals surface area contributed by atoms with E-state index in [1.165, 1.54) is 0 Å². The Morgan fingerprint density at radius 1 is 1.50 bits per heavy atom. The topological polar surface area (TPSA) is 55.1 Å². The smallest absolute Gasteiger partial charge is 0.224 e. The summed E-state index contributed by atoms with van der Waals surface area (Å²) in [5, 5.41) is 3.07. The number of rotatable bonds is 4. The maximum Gasteiger partial charge on any atom is 0.224 e. The van der Waals surface area contributed by atoms with Crippen LogP contribution in [0.15, 0.2) is 35.1 Å². The van der Waals surface area contributed by atoms with Crippen molar-refractivity contribution in [3.63, 3.8) is 0 Å². The van der Waals surface area contributed by atoms with Gasteiger partial charge in [0.05, 0.1) is 12.0 Å². The lowest BCUT2D eigenvalue weighted by atomic mass is 10.2. The van der Waals surface area contributed by atoms with E-state index >= 15 is 0 Å². The zero-order valence-corrected chi connectivity index (χ0v) is 10.7. The average molecular weight is 265 g/mol. The molecule has 0 unspecified atom stereocenters. The average Bonchev–Trinajstić information content (AvgIpc) is 2.84. The molecule has 0 bridgehead atoms. The van der Waals surface area contributed by atoms with Gasteiger partial charge in [0.2, 0.25) is 5.91 Å². The summed E-state index contributed by atoms with van der Waals surface area (Å²) < 4.78 is 5.16. The van der Waals surface area contributed by atoms with Crippen LogP contribution in [0.2, 0.25) is 5.15 Å². The number of hydrogen-bond acceptors (Lipinski definition) is 3. The molecule has 0 aliphatic carbocycles. The maximum atomic E-state index is 11.8. The van der Waals surface area contributed by atoms with Gasteiger partial charge in [0, 0.05) is 19.0 Å². The quantitative estimate of drug-likeness (QED) is 0.863. The third-order valence-corrected chi connectivity index (χ3v) is 2.84. The lowest BCUT2D eigenvalue weighted by molar-refractivity contribution is -0.116. The predicted octanol–water partition coefficient (Wildman–Crippen LogP) is 3.21. The highest BCUT2D eigenvalue weighted by molar-refractivity contribution is 6.32. The summed E-state index contributed by atoms with van der Waals surface area (Å²) >= 11 is 5.93. The molecule has 0 aliphatic rings. The maximum absolute atomic E-state index is 11.8. The first-order valence-electron chi connectivity index (χ1n) is 5.60. The molecule has 0 spiro atoms. The Balaban J connectivity index is 1.95. The van der Waals surface area contributed by atoms with Crippen molar-refractivity contribution in [1.29, 1.82) is 0 Å². The first-order valence-corrected chi connectivity index (χ1v) is 5.98. The number of aromatic nitrogens is 1. The molecule has 1 amide bonds. The standard InChI is InChI=1S/C13H13ClN2O2/c1-9-6-7-15-13(14)12(9)16-11(17)5-4-10-3-2-8-18-10/h2-3,6-8H,4-5H2,1H3,(H,16,17). The first kappa shape index (κ1) is 12.6. The van der Waals surface area contributed by atoms with Gasteiger partial charge in [-0.3, -0.25) is 4.79 Å². The molecule has 0 atom stereocenters. The Kier molecular flexibility index (Phi) is 3.99. The molecule has 2 heterocycles. The number of anilines is 1. The Morgan fingerprint density at radius 2 is 2.33 bits per heavy atom. The van der Waals surface area contributed by atoms with Crippen molar-refractivity contribution in [2.24, 2.45) is 0 Å². The second-order valence-electron chi connectivity index (χ2n) is 3.92. The number of pyridine rings is 1. The van der Waals surface area contributed by atoms with E-state index in [0.29, 0.717) is 23.7 Å². The molecule has 0 radical (unpaired) electrons. The molecule has 0 aliphatic heterocycles. The SMILES string of the molecule is Cc1ccnc(Cl)c1NC(=O)CCc1ccco1. The molecule has 2 aromatic heterocycles. The number of furan rings is 1. The second-order valence-corrected chi connectivity index (χ2v) is 4.28. The number of halogens is 1. The lowest BCUT2D eigenvalue weighted by Crippen LogP contribution is -2.13. The first-order chi connectivity index (χ1) is 8.66. The van der Waals surface area contributed by atoms with Gasteiger partial charge in [-0.25, -0.2) is 4.98 Å². The predicted molar refractivity (Wildman–Crippen MR) is 69.6 cm³/mol. The van der Waals surface area contributed by atoms with Crippen LogP contribution in [-0.2, 0) is 11.2 Å². The molecule has 0 aromatic carbocycles. The number of nitrogens with zero attached hydrogens (tertiary/aromatic N) is 1. The minimum absolute atomic E-state index is 0.107. The zero-order chi connectivity index (χ0) is 13.0. The van der Waals surface area contributed by atoms with Gasteiger partial charge >= 0.3 is 0 Å². The molecular formula is C13H13ClN2O2. The van der Waals surface area contributed by atoms with Gasteiger partial charge < -0.3 is 9.73 Å². The van der Waals surface area contributed by atoms with Gasteiger partial charge in [0.15, 0.2) is 5.15 Å². The highest BCUT2D eigenvalue weighted by atomic mass is 35.5. The zero-order valence-electron chi connectivity index (χ0n) is 9.94. The van der Waals surface area contributed by atoms with Crippen molar-refractivity contribution in [3.05, 3.63) is 47.1 Å². The minimum atomic E-state index is -0.107. The normalized spacial score (nSPS) is 10.3. The fourth-order valence-electron chi connectivity index (χ4n) is 1.57. The third kappa shape index (κ3) is 3.11. The van der Waals surface area contributed by atoms with Gasteiger partial charge in [0.25, 0.3) is 0 Å². The van der Waals surface area contributed by atoms with Crippen LogP contribution in [0.3, 0.4) is 0 Å². The summed E-state index contributed by atoms with van der Waals surface area (Å²) in [4.78, 5) is 15.7. The number of hydrogen-bond donors (Lipinski definition) is 1. The van der Waals surface area contributed by atoms with Crippen LogP contribution < -0.4 is 5.32 Å².